The van der Waals surface area contributed by atoms with Gasteiger partial charge in [0.05, 0.1) is 15.7 Å². The summed E-state index contributed by atoms with van der Waals surface area (Å²) in [6, 6.07) is 4.91. The fraction of sp³-hybridized carbons (Fsp3) is 0.571. The fourth-order valence-corrected chi connectivity index (χ4v) is 4.65. The number of nitrogens with two attached hydrogens (primary N) is 1. The molecule has 1 fully saturated rings. The maximum absolute atomic E-state index is 12.4. The zero-order valence-corrected chi connectivity index (χ0v) is 13.3. The van der Waals surface area contributed by atoms with Crippen LogP contribution in [0.3, 0.4) is 0 Å². The molecule has 0 bridgehead atoms. The summed E-state index contributed by atoms with van der Waals surface area (Å²) in [6.45, 7) is 1.05. The van der Waals surface area contributed by atoms with Gasteiger partial charge in [-0.05, 0) is 51.1 Å². The van der Waals surface area contributed by atoms with Crippen LogP contribution in [0.15, 0.2) is 23.1 Å². The number of piperidine rings is 1. The third-order valence-electron chi connectivity index (χ3n) is 3.93. The lowest BCUT2D eigenvalue weighted by atomic mass is 10.0. The molecule has 20 heavy (non-hydrogen) atoms. The summed E-state index contributed by atoms with van der Waals surface area (Å²) in [6.07, 6.45) is 4.10. The topological polar surface area (TPSA) is 63.4 Å². The minimum absolute atomic E-state index is 0.131. The van der Waals surface area contributed by atoms with Crippen LogP contribution in [-0.4, -0.2) is 38.7 Å². The second kappa shape index (κ2) is 6.33. The first-order chi connectivity index (χ1) is 9.40. The Labute approximate surface area is 125 Å². The van der Waals surface area contributed by atoms with Gasteiger partial charge in [0.2, 0.25) is 0 Å². The smallest absolute Gasteiger partial charge is 0.179 e. The Morgan fingerprint density at radius 1 is 1.40 bits per heavy atom. The molecule has 2 N–H and O–H groups in total. The number of halogens is 1. The Hall–Kier alpha value is -0.780. The number of nitrogen functional groups attached to an aromatic ring is 1. The summed E-state index contributed by atoms with van der Waals surface area (Å²) in [5.41, 5.74) is 6.07. The number of nitrogens with zero attached hydrogens (tertiary/aromatic N) is 1. The molecule has 4 nitrogen and oxygen atoms in total. The van der Waals surface area contributed by atoms with Crippen LogP contribution in [0.2, 0.25) is 5.02 Å². The van der Waals surface area contributed by atoms with Crippen LogP contribution in [0.1, 0.15) is 25.7 Å². The van der Waals surface area contributed by atoms with Crippen molar-refractivity contribution in [1.82, 2.24) is 4.90 Å². The van der Waals surface area contributed by atoms with Gasteiger partial charge in [0, 0.05) is 11.7 Å². The zero-order chi connectivity index (χ0) is 14.8. The van der Waals surface area contributed by atoms with Gasteiger partial charge in [-0.15, -0.1) is 0 Å². The highest BCUT2D eigenvalue weighted by Crippen LogP contribution is 2.26. The molecular formula is C14H21ClN2O2S. The molecule has 0 spiro atoms. The molecule has 0 aliphatic carbocycles. The fourth-order valence-electron chi connectivity index (χ4n) is 2.68. The van der Waals surface area contributed by atoms with Crippen molar-refractivity contribution in [2.45, 2.75) is 36.6 Å². The standard InChI is InChI=1S/C14H21ClN2O2S/c1-17-8-3-2-4-12(17)7-9-20(18,19)14-6-5-11(16)10-13(14)15/h5-6,10,12H,2-4,7-9,16H2,1H3. The number of rotatable bonds is 4. The Balaban J connectivity index is 2.07. The van der Waals surface area contributed by atoms with Crippen molar-refractivity contribution < 1.29 is 8.42 Å². The summed E-state index contributed by atoms with van der Waals surface area (Å²) < 4.78 is 24.7. The van der Waals surface area contributed by atoms with Crippen molar-refractivity contribution in [2.24, 2.45) is 0 Å². The number of anilines is 1. The van der Waals surface area contributed by atoms with E-state index in [1.165, 1.54) is 25.0 Å². The van der Waals surface area contributed by atoms with Gasteiger partial charge in [0.1, 0.15) is 0 Å². The number of hydrogen-bond acceptors (Lipinski definition) is 4. The summed E-state index contributed by atoms with van der Waals surface area (Å²) in [4.78, 5) is 2.44. The summed E-state index contributed by atoms with van der Waals surface area (Å²) in [5.74, 6) is 0.131. The predicted octanol–water partition coefficient (Wildman–Crippen LogP) is 2.57. The van der Waals surface area contributed by atoms with E-state index < -0.39 is 9.84 Å². The molecule has 0 aromatic heterocycles. The van der Waals surface area contributed by atoms with E-state index in [0.29, 0.717) is 18.2 Å². The predicted molar refractivity (Wildman–Crippen MR) is 82.8 cm³/mol. The van der Waals surface area contributed by atoms with Crippen LogP contribution >= 0.6 is 11.6 Å². The van der Waals surface area contributed by atoms with E-state index >= 15 is 0 Å². The second-order valence-corrected chi connectivity index (χ2v) is 7.91. The van der Waals surface area contributed by atoms with Crippen LogP contribution in [0.5, 0.6) is 0 Å². The van der Waals surface area contributed by atoms with Crippen LogP contribution in [0, 0.1) is 0 Å². The summed E-state index contributed by atoms with van der Waals surface area (Å²) in [5, 5.41) is 0.210. The van der Waals surface area contributed by atoms with E-state index in [1.54, 1.807) is 6.07 Å². The monoisotopic (exact) mass is 316 g/mol. The van der Waals surface area contributed by atoms with Gasteiger partial charge in [0.25, 0.3) is 0 Å². The van der Waals surface area contributed by atoms with Gasteiger partial charge < -0.3 is 10.6 Å². The highest BCUT2D eigenvalue weighted by Gasteiger charge is 2.24. The lowest BCUT2D eigenvalue weighted by molar-refractivity contribution is 0.181. The minimum atomic E-state index is -3.34. The molecule has 1 unspecified atom stereocenters. The molecule has 2 rings (SSSR count). The SMILES string of the molecule is CN1CCCCC1CCS(=O)(=O)c1ccc(N)cc1Cl. The largest absolute Gasteiger partial charge is 0.399 e. The number of likely N-dealkylation sites (tertiary alicyclic amines) is 1. The molecule has 1 atom stereocenters. The average Bonchev–Trinajstić information content (AvgIpc) is 2.37. The molecule has 1 aliphatic heterocycles. The number of hydrogen-bond donors (Lipinski definition) is 1. The van der Waals surface area contributed by atoms with Gasteiger partial charge >= 0.3 is 0 Å². The first kappa shape index (κ1) is 15.6. The highest BCUT2D eigenvalue weighted by atomic mass is 35.5. The molecule has 0 saturated carbocycles. The quantitative estimate of drug-likeness (QED) is 0.867. The van der Waals surface area contributed by atoms with Gasteiger partial charge in [-0.2, -0.15) is 0 Å². The highest BCUT2D eigenvalue weighted by molar-refractivity contribution is 7.91. The zero-order valence-electron chi connectivity index (χ0n) is 11.7. The van der Waals surface area contributed by atoms with Gasteiger partial charge in [-0.25, -0.2) is 8.42 Å². The van der Waals surface area contributed by atoms with Crippen molar-refractivity contribution in [3.8, 4) is 0 Å². The van der Waals surface area contributed by atoms with Crippen molar-refractivity contribution >= 4 is 27.1 Å². The molecule has 1 heterocycles. The average molecular weight is 317 g/mol. The Bertz CT molecular complexity index is 575. The molecule has 1 aliphatic rings. The summed E-state index contributed by atoms with van der Waals surface area (Å²) in [7, 11) is -1.28. The Morgan fingerprint density at radius 2 is 2.15 bits per heavy atom. The van der Waals surface area contributed by atoms with Crippen LogP contribution in [0.25, 0.3) is 0 Å². The Morgan fingerprint density at radius 3 is 2.80 bits per heavy atom. The van der Waals surface area contributed by atoms with Crippen LogP contribution in [0.4, 0.5) is 5.69 Å². The van der Waals surface area contributed by atoms with E-state index in [-0.39, 0.29) is 15.7 Å². The molecule has 112 valence electrons. The first-order valence-electron chi connectivity index (χ1n) is 6.88. The molecule has 6 heteroatoms. The van der Waals surface area contributed by atoms with E-state index in [0.717, 1.165) is 13.0 Å². The first-order valence-corrected chi connectivity index (χ1v) is 8.91. The van der Waals surface area contributed by atoms with Crippen molar-refractivity contribution in [3.63, 3.8) is 0 Å². The second-order valence-electron chi connectivity index (χ2n) is 5.43. The van der Waals surface area contributed by atoms with E-state index in [1.807, 2.05) is 0 Å². The Kier molecular flexibility index (Phi) is 4.94. The maximum Gasteiger partial charge on any atom is 0.179 e. The van der Waals surface area contributed by atoms with Crippen molar-refractivity contribution in [3.05, 3.63) is 23.2 Å². The van der Waals surface area contributed by atoms with Gasteiger partial charge in [-0.1, -0.05) is 18.0 Å². The number of benzene rings is 1. The summed E-state index contributed by atoms with van der Waals surface area (Å²) >= 11 is 5.99. The third kappa shape index (κ3) is 3.65. The van der Waals surface area contributed by atoms with E-state index in [9.17, 15) is 8.42 Å². The van der Waals surface area contributed by atoms with Crippen molar-refractivity contribution in [2.75, 3.05) is 25.1 Å². The number of sulfone groups is 1. The van der Waals surface area contributed by atoms with E-state index in [2.05, 4.69) is 11.9 Å². The maximum atomic E-state index is 12.4. The van der Waals surface area contributed by atoms with E-state index in [4.69, 9.17) is 17.3 Å². The molecule has 1 aromatic carbocycles. The van der Waals surface area contributed by atoms with Crippen LogP contribution < -0.4 is 5.73 Å². The molecule has 0 amide bonds. The molecule has 1 aromatic rings. The lowest BCUT2D eigenvalue weighted by Gasteiger charge is -2.32. The molecule has 1 saturated heterocycles. The van der Waals surface area contributed by atoms with Gasteiger partial charge in [0.15, 0.2) is 9.84 Å². The van der Waals surface area contributed by atoms with Crippen molar-refractivity contribution in [1.29, 1.82) is 0 Å². The van der Waals surface area contributed by atoms with Gasteiger partial charge in [-0.3, -0.25) is 0 Å². The lowest BCUT2D eigenvalue weighted by Crippen LogP contribution is -2.37. The minimum Gasteiger partial charge on any atom is -0.399 e. The normalized spacial score (nSPS) is 21.0. The molecule has 0 radical (unpaired) electrons. The molecular weight excluding hydrogens is 296 g/mol. The third-order valence-corrected chi connectivity index (χ3v) is 6.16. The van der Waals surface area contributed by atoms with Crippen LogP contribution in [-0.2, 0) is 9.84 Å².